The van der Waals surface area contributed by atoms with Crippen LogP contribution in [0.3, 0.4) is 0 Å². The second kappa shape index (κ2) is 8.73. The summed E-state index contributed by atoms with van der Waals surface area (Å²) in [4.78, 5) is 20.0. The Morgan fingerprint density at radius 1 is 1.30 bits per heavy atom. The van der Waals surface area contributed by atoms with Crippen LogP contribution in [0.15, 0.2) is 24.3 Å². The van der Waals surface area contributed by atoms with E-state index in [-0.39, 0.29) is 17.7 Å². The largest absolute Gasteiger partial charge is 0.435 e. The molecule has 3 rings (SSSR count). The van der Waals surface area contributed by atoms with Crippen LogP contribution in [-0.2, 0) is 9.53 Å². The lowest BCUT2D eigenvalue weighted by molar-refractivity contribution is -0.122. The molecule has 0 radical (unpaired) electrons. The summed E-state index contributed by atoms with van der Waals surface area (Å²) in [7, 11) is 0. The molecule has 1 N–H and O–H groups in total. The van der Waals surface area contributed by atoms with Gasteiger partial charge in [-0.15, -0.1) is 11.3 Å². The van der Waals surface area contributed by atoms with Crippen LogP contribution in [0.4, 0.5) is 13.9 Å². The maximum absolute atomic E-state index is 12.5. The number of carbonyl (C=O) groups is 1. The van der Waals surface area contributed by atoms with E-state index < -0.39 is 6.61 Å². The second-order valence-corrected chi connectivity index (χ2v) is 7.34. The number of benzene rings is 1. The highest BCUT2D eigenvalue weighted by Gasteiger charge is 2.24. The number of thiazole rings is 1. The molecule has 1 amide bonds. The van der Waals surface area contributed by atoms with Crippen LogP contribution in [-0.4, -0.2) is 54.7 Å². The van der Waals surface area contributed by atoms with Crippen LogP contribution in [0.2, 0.25) is 0 Å². The van der Waals surface area contributed by atoms with Crippen LogP contribution in [0, 0.1) is 6.92 Å². The molecular formula is C18H21F2N3O3S. The first-order valence-electron chi connectivity index (χ1n) is 8.59. The van der Waals surface area contributed by atoms with Crippen molar-refractivity contribution in [2.24, 2.45) is 0 Å². The van der Waals surface area contributed by atoms with E-state index in [4.69, 9.17) is 4.74 Å². The lowest BCUT2D eigenvalue weighted by Gasteiger charge is -2.31. The van der Waals surface area contributed by atoms with Gasteiger partial charge in [-0.1, -0.05) is 0 Å². The normalized spacial score (nSPS) is 16.3. The molecule has 1 aliphatic heterocycles. The molecule has 146 valence electrons. The van der Waals surface area contributed by atoms with E-state index in [1.54, 1.807) is 12.1 Å². The fraction of sp³-hybridized carbons (Fsp3) is 0.444. The van der Waals surface area contributed by atoms with Crippen molar-refractivity contribution in [2.45, 2.75) is 26.5 Å². The zero-order valence-electron chi connectivity index (χ0n) is 15.1. The Kier molecular flexibility index (Phi) is 6.35. The van der Waals surface area contributed by atoms with Crippen molar-refractivity contribution in [3.63, 3.8) is 0 Å². The predicted octanol–water partition coefficient (Wildman–Crippen LogP) is 3.38. The Hall–Kier alpha value is -2.10. The molecule has 2 aromatic rings. The minimum atomic E-state index is -2.85. The van der Waals surface area contributed by atoms with Crippen LogP contribution < -0.4 is 10.1 Å². The third kappa shape index (κ3) is 5.00. The Morgan fingerprint density at radius 2 is 1.96 bits per heavy atom. The Bertz CT molecular complexity index is 777. The number of nitrogens with one attached hydrogen (secondary N) is 1. The summed E-state index contributed by atoms with van der Waals surface area (Å²) in [5.74, 6) is -0.0209. The van der Waals surface area contributed by atoms with Gasteiger partial charge in [0.05, 0.1) is 24.9 Å². The number of morpholine rings is 1. The highest BCUT2D eigenvalue weighted by atomic mass is 32.1. The van der Waals surface area contributed by atoms with Crippen molar-refractivity contribution in [2.75, 3.05) is 31.6 Å². The van der Waals surface area contributed by atoms with Crippen LogP contribution in [0.1, 0.15) is 11.8 Å². The molecule has 0 aliphatic carbocycles. The van der Waals surface area contributed by atoms with E-state index >= 15 is 0 Å². The summed E-state index contributed by atoms with van der Waals surface area (Å²) >= 11 is 1.38. The maximum atomic E-state index is 12.5. The number of hydrogen-bond acceptors (Lipinski definition) is 6. The topological polar surface area (TPSA) is 63.7 Å². The number of aryl methyl sites for hydroxylation is 1. The minimum absolute atomic E-state index is 0.0921. The van der Waals surface area contributed by atoms with Gasteiger partial charge in [0, 0.05) is 23.5 Å². The molecule has 1 aliphatic rings. The lowest BCUT2D eigenvalue weighted by atomic mass is 10.1. The van der Waals surface area contributed by atoms with Crippen molar-refractivity contribution >= 4 is 22.4 Å². The number of halogens is 2. The first-order valence-corrected chi connectivity index (χ1v) is 9.41. The van der Waals surface area contributed by atoms with Gasteiger partial charge in [0.25, 0.3) is 0 Å². The molecule has 0 bridgehead atoms. The minimum Gasteiger partial charge on any atom is -0.435 e. The van der Waals surface area contributed by atoms with E-state index in [1.165, 1.54) is 23.5 Å². The van der Waals surface area contributed by atoms with Gasteiger partial charge in [-0.2, -0.15) is 8.78 Å². The Labute approximate surface area is 160 Å². The molecule has 1 aromatic heterocycles. The van der Waals surface area contributed by atoms with Gasteiger partial charge >= 0.3 is 6.61 Å². The van der Waals surface area contributed by atoms with Gasteiger partial charge in [0.2, 0.25) is 5.91 Å². The van der Waals surface area contributed by atoms with Crippen LogP contribution in [0.25, 0.3) is 11.3 Å². The average molecular weight is 397 g/mol. The Balaban J connectivity index is 1.67. The first-order chi connectivity index (χ1) is 12.9. The maximum Gasteiger partial charge on any atom is 0.387 e. The summed E-state index contributed by atoms with van der Waals surface area (Å²) in [6.45, 7) is 3.62. The van der Waals surface area contributed by atoms with E-state index in [2.05, 4.69) is 19.9 Å². The van der Waals surface area contributed by atoms with Crippen molar-refractivity contribution in [3.05, 3.63) is 29.1 Å². The van der Waals surface area contributed by atoms with Gasteiger partial charge in [0.15, 0.2) is 5.13 Å². The third-order valence-corrected chi connectivity index (χ3v) is 5.24. The van der Waals surface area contributed by atoms with Gasteiger partial charge in [-0.25, -0.2) is 4.98 Å². The summed E-state index contributed by atoms with van der Waals surface area (Å²) in [5, 5.41) is 3.38. The first kappa shape index (κ1) is 19.7. The summed E-state index contributed by atoms with van der Waals surface area (Å²) in [6.07, 6.45) is 0. The number of aromatic nitrogens is 1. The quantitative estimate of drug-likeness (QED) is 0.810. The standard InChI is InChI=1S/C18H21F2N3O3S/c1-11(23-7-9-25-10-8-23)16(24)22-18-21-15(12(2)27-18)13-3-5-14(6-4-13)26-17(19)20/h3-6,11,17H,7-10H2,1-2H3,(H,21,22,24)/t11-/m0/s1. The fourth-order valence-electron chi connectivity index (χ4n) is 2.85. The highest BCUT2D eigenvalue weighted by Crippen LogP contribution is 2.31. The third-order valence-electron chi connectivity index (χ3n) is 4.35. The monoisotopic (exact) mass is 397 g/mol. The number of hydrogen-bond donors (Lipinski definition) is 1. The molecule has 6 nitrogen and oxygen atoms in total. The number of amides is 1. The van der Waals surface area contributed by atoms with E-state index in [9.17, 15) is 13.6 Å². The number of ether oxygens (including phenoxy) is 2. The van der Waals surface area contributed by atoms with Crippen molar-refractivity contribution in [1.29, 1.82) is 0 Å². The number of anilines is 1. The fourth-order valence-corrected chi connectivity index (χ4v) is 3.69. The predicted molar refractivity (Wildman–Crippen MR) is 99.4 cm³/mol. The lowest BCUT2D eigenvalue weighted by Crippen LogP contribution is -2.47. The number of alkyl halides is 2. The zero-order chi connectivity index (χ0) is 19.4. The van der Waals surface area contributed by atoms with Gasteiger partial charge in [-0.3, -0.25) is 9.69 Å². The molecule has 1 atom stereocenters. The van der Waals surface area contributed by atoms with E-state index in [1.807, 2.05) is 13.8 Å². The van der Waals surface area contributed by atoms with Crippen LogP contribution in [0.5, 0.6) is 5.75 Å². The van der Waals surface area contributed by atoms with E-state index in [0.717, 1.165) is 23.5 Å². The second-order valence-electron chi connectivity index (χ2n) is 6.14. The number of nitrogens with zero attached hydrogens (tertiary/aromatic N) is 2. The molecule has 0 unspecified atom stereocenters. The summed E-state index contributed by atoms with van der Waals surface area (Å²) in [5.41, 5.74) is 1.48. The molecule has 0 spiro atoms. The molecule has 1 fully saturated rings. The number of carbonyl (C=O) groups excluding carboxylic acids is 1. The van der Waals surface area contributed by atoms with Crippen molar-refractivity contribution in [1.82, 2.24) is 9.88 Å². The zero-order valence-corrected chi connectivity index (χ0v) is 15.9. The van der Waals surface area contributed by atoms with Gasteiger partial charge in [-0.05, 0) is 38.1 Å². The summed E-state index contributed by atoms with van der Waals surface area (Å²) < 4.78 is 34.2. The van der Waals surface area contributed by atoms with Crippen molar-refractivity contribution < 1.29 is 23.0 Å². The molecule has 1 aromatic carbocycles. The van der Waals surface area contributed by atoms with Gasteiger partial charge < -0.3 is 14.8 Å². The summed E-state index contributed by atoms with van der Waals surface area (Å²) in [6, 6.07) is 6.01. The van der Waals surface area contributed by atoms with Crippen molar-refractivity contribution in [3.8, 4) is 17.0 Å². The number of rotatable bonds is 6. The highest BCUT2D eigenvalue weighted by molar-refractivity contribution is 7.16. The van der Waals surface area contributed by atoms with Crippen LogP contribution >= 0.6 is 11.3 Å². The molecule has 27 heavy (non-hydrogen) atoms. The van der Waals surface area contributed by atoms with Gasteiger partial charge in [0.1, 0.15) is 5.75 Å². The SMILES string of the molecule is Cc1sc(NC(=O)[C@H](C)N2CCOCC2)nc1-c1ccc(OC(F)F)cc1. The van der Waals surface area contributed by atoms with E-state index in [0.29, 0.717) is 24.0 Å². The molecular weight excluding hydrogens is 376 g/mol. The molecule has 9 heteroatoms. The molecule has 2 heterocycles. The molecule has 1 saturated heterocycles. The smallest absolute Gasteiger partial charge is 0.387 e. The average Bonchev–Trinajstić information content (AvgIpc) is 3.02. The Morgan fingerprint density at radius 3 is 2.59 bits per heavy atom. The molecule has 0 saturated carbocycles.